The van der Waals surface area contributed by atoms with Gasteiger partial charge in [0.1, 0.15) is 0 Å². The molecule has 17 heavy (non-hydrogen) atoms. The first-order valence-corrected chi connectivity index (χ1v) is 5.74. The van der Waals surface area contributed by atoms with E-state index in [2.05, 4.69) is 15.2 Å². The molecule has 3 N–H and O–H groups in total. The molecule has 0 bridgehead atoms. The van der Waals surface area contributed by atoms with Crippen LogP contribution in [0.4, 0.5) is 5.69 Å². The molecule has 0 radical (unpaired) electrons. The predicted octanol–water partition coefficient (Wildman–Crippen LogP) is 0.735. The van der Waals surface area contributed by atoms with Crippen molar-refractivity contribution in [2.75, 3.05) is 32.9 Å². The van der Waals surface area contributed by atoms with Gasteiger partial charge in [0.15, 0.2) is 5.69 Å². The van der Waals surface area contributed by atoms with E-state index in [1.807, 2.05) is 14.1 Å². The highest BCUT2D eigenvalue weighted by Crippen LogP contribution is 2.06. The van der Waals surface area contributed by atoms with Crippen molar-refractivity contribution in [2.24, 2.45) is 0 Å². The standard InChI is InChI=1S/C12H20N4O/c1-16(2)9-4-3-7-15-12(17)11-10(13)6-5-8-14-11/h5-6,8H,3-4,7,9,13H2,1-2H3,(H,15,17). The smallest absolute Gasteiger partial charge is 0.272 e. The van der Waals surface area contributed by atoms with Crippen LogP contribution in [0.5, 0.6) is 0 Å². The summed E-state index contributed by atoms with van der Waals surface area (Å²) in [6.45, 7) is 1.68. The van der Waals surface area contributed by atoms with E-state index in [-0.39, 0.29) is 5.91 Å². The molecule has 94 valence electrons. The van der Waals surface area contributed by atoms with Crippen molar-refractivity contribution in [3.05, 3.63) is 24.0 Å². The van der Waals surface area contributed by atoms with Crippen molar-refractivity contribution in [3.63, 3.8) is 0 Å². The molecule has 5 heteroatoms. The SMILES string of the molecule is CN(C)CCCCNC(=O)c1ncccc1N. The number of pyridine rings is 1. The van der Waals surface area contributed by atoms with E-state index < -0.39 is 0 Å². The molecule has 1 amide bonds. The highest BCUT2D eigenvalue weighted by molar-refractivity contribution is 5.96. The van der Waals surface area contributed by atoms with Crippen LogP contribution in [-0.2, 0) is 0 Å². The zero-order valence-corrected chi connectivity index (χ0v) is 10.4. The Hall–Kier alpha value is -1.62. The van der Waals surface area contributed by atoms with Gasteiger partial charge in [-0.25, -0.2) is 4.98 Å². The molecule has 0 aliphatic rings. The summed E-state index contributed by atoms with van der Waals surface area (Å²) >= 11 is 0. The predicted molar refractivity (Wildman–Crippen MR) is 68.8 cm³/mol. The van der Waals surface area contributed by atoms with Gasteiger partial charge < -0.3 is 16.0 Å². The van der Waals surface area contributed by atoms with E-state index in [9.17, 15) is 4.79 Å². The number of carbonyl (C=O) groups excluding carboxylic acids is 1. The number of nitrogens with one attached hydrogen (secondary N) is 1. The molecule has 0 aliphatic heterocycles. The Bertz CT molecular complexity index is 365. The number of nitrogens with two attached hydrogens (primary N) is 1. The molecule has 0 spiro atoms. The molecular formula is C12H20N4O. The molecule has 0 aromatic carbocycles. The Balaban J connectivity index is 2.29. The zero-order chi connectivity index (χ0) is 12.7. The number of anilines is 1. The van der Waals surface area contributed by atoms with Crippen LogP contribution in [-0.4, -0.2) is 43.0 Å². The summed E-state index contributed by atoms with van der Waals surface area (Å²) in [4.78, 5) is 17.8. The van der Waals surface area contributed by atoms with Crippen LogP contribution in [0.2, 0.25) is 0 Å². The lowest BCUT2D eigenvalue weighted by Crippen LogP contribution is -2.26. The monoisotopic (exact) mass is 236 g/mol. The molecule has 0 unspecified atom stereocenters. The molecule has 0 saturated carbocycles. The van der Waals surface area contributed by atoms with E-state index in [1.54, 1.807) is 18.3 Å². The second-order valence-corrected chi connectivity index (χ2v) is 4.21. The van der Waals surface area contributed by atoms with Gasteiger partial charge in [0.05, 0.1) is 5.69 Å². The zero-order valence-electron chi connectivity index (χ0n) is 10.4. The minimum Gasteiger partial charge on any atom is -0.397 e. The van der Waals surface area contributed by atoms with Crippen LogP contribution < -0.4 is 11.1 Å². The number of hydrogen-bond acceptors (Lipinski definition) is 4. The lowest BCUT2D eigenvalue weighted by atomic mass is 10.2. The van der Waals surface area contributed by atoms with Crippen LogP contribution >= 0.6 is 0 Å². The topological polar surface area (TPSA) is 71.2 Å². The largest absolute Gasteiger partial charge is 0.397 e. The number of carbonyl (C=O) groups is 1. The first-order chi connectivity index (χ1) is 8.11. The average Bonchev–Trinajstić information content (AvgIpc) is 2.28. The van der Waals surface area contributed by atoms with E-state index in [4.69, 9.17) is 5.73 Å². The van der Waals surface area contributed by atoms with Gasteiger partial charge in [0.25, 0.3) is 5.91 Å². The maximum atomic E-state index is 11.7. The maximum absolute atomic E-state index is 11.7. The van der Waals surface area contributed by atoms with Crippen LogP contribution in [0.25, 0.3) is 0 Å². The highest BCUT2D eigenvalue weighted by atomic mass is 16.1. The summed E-state index contributed by atoms with van der Waals surface area (Å²) in [6, 6.07) is 3.39. The number of nitrogen functional groups attached to an aromatic ring is 1. The summed E-state index contributed by atoms with van der Waals surface area (Å²) in [5, 5.41) is 2.81. The molecule has 1 aromatic rings. The van der Waals surface area contributed by atoms with E-state index in [0.717, 1.165) is 19.4 Å². The van der Waals surface area contributed by atoms with Gasteiger partial charge in [0, 0.05) is 12.7 Å². The Morgan fingerprint density at radius 3 is 2.88 bits per heavy atom. The van der Waals surface area contributed by atoms with Gasteiger partial charge in [-0.1, -0.05) is 0 Å². The normalized spacial score (nSPS) is 10.5. The molecule has 0 atom stereocenters. The van der Waals surface area contributed by atoms with Gasteiger partial charge in [-0.15, -0.1) is 0 Å². The number of hydrogen-bond donors (Lipinski definition) is 2. The third kappa shape index (κ3) is 4.82. The maximum Gasteiger partial charge on any atom is 0.272 e. The number of amides is 1. The van der Waals surface area contributed by atoms with Crippen molar-refractivity contribution in [3.8, 4) is 0 Å². The number of nitrogens with zero attached hydrogens (tertiary/aromatic N) is 2. The average molecular weight is 236 g/mol. The molecule has 0 aliphatic carbocycles. The number of rotatable bonds is 6. The van der Waals surface area contributed by atoms with Crippen molar-refractivity contribution in [2.45, 2.75) is 12.8 Å². The number of aromatic nitrogens is 1. The molecule has 5 nitrogen and oxygen atoms in total. The van der Waals surface area contributed by atoms with Gasteiger partial charge in [-0.3, -0.25) is 4.79 Å². The summed E-state index contributed by atoms with van der Waals surface area (Å²) in [5.74, 6) is -0.201. The Morgan fingerprint density at radius 2 is 2.24 bits per heavy atom. The summed E-state index contributed by atoms with van der Waals surface area (Å²) < 4.78 is 0. The molecule has 1 aromatic heterocycles. The Kier molecular flexibility index (Phi) is 5.42. The van der Waals surface area contributed by atoms with E-state index in [0.29, 0.717) is 17.9 Å². The first kappa shape index (κ1) is 13.4. The minimum absolute atomic E-state index is 0.201. The van der Waals surface area contributed by atoms with Gasteiger partial charge in [-0.05, 0) is 45.6 Å². The van der Waals surface area contributed by atoms with Crippen molar-refractivity contribution < 1.29 is 4.79 Å². The van der Waals surface area contributed by atoms with Crippen LogP contribution in [0, 0.1) is 0 Å². The lowest BCUT2D eigenvalue weighted by Gasteiger charge is -2.09. The fraction of sp³-hybridized carbons (Fsp3) is 0.500. The van der Waals surface area contributed by atoms with Gasteiger partial charge in [-0.2, -0.15) is 0 Å². The Labute approximate surface area is 102 Å². The van der Waals surface area contributed by atoms with Gasteiger partial charge in [0.2, 0.25) is 0 Å². The molecule has 0 saturated heterocycles. The molecule has 1 rings (SSSR count). The Morgan fingerprint density at radius 1 is 1.47 bits per heavy atom. The third-order valence-corrected chi connectivity index (χ3v) is 2.37. The van der Waals surface area contributed by atoms with Crippen molar-refractivity contribution >= 4 is 11.6 Å². The summed E-state index contributed by atoms with van der Waals surface area (Å²) in [7, 11) is 4.07. The quantitative estimate of drug-likeness (QED) is 0.714. The van der Waals surface area contributed by atoms with Crippen LogP contribution in [0.15, 0.2) is 18.3 Å². The van der Waals surface area contributed by atoms with Crippen molar-refractivity contribution in [1.29, 1.82) is 0 Å². The summed E-state index contributed by atoms with van der Waals surface area (Å²) in [5.41, 5.74) is 6.38. The van der Waals surface area contributed by atoms with Crippen LogP contribution in [0.1, 0.15) is 23.3 Å². The number of unbranched alkanes of at least 4 members (excludes halogenated alkanes) is 1. The molecule has 1 heterocycles. The second-order valence-electron chi connectivity index (χ2n) is 4.21. The van der Waals surface area contributed by atoms with Crippen LogP contribution in [0.3, 0.4) is 0 Å². The third-order valence-electron chi connectivity index (χ3n) is 2.37. The van der Waals surface area contributed by atoms with E-state index in [1.165, 1.54) is 0 Å². The summed E-state index contributed by atoms with van der Waals surface area (Å²) in [6.07, 6.45) is 3.58. The molecule has 0 fully saturated rings. The van der Waals surface area contributed by atoms with Gasteiger partial charge >= 0.3 is 0 Å². The highest BCUT2D eigenvalue weighted by Gasteiger charge is 2.09. The molecular weight excluding hydrogens is 216 g/mol. The lowest BCUT2D eigenvalue weighted by molar-refractivity contribution is 0.0949. The minimum atomic E-state index is -0.201. The second kappa shape index (κ2) is 6.85. The fourth-order valence-corrected chi connectivity index (χ4v) is 1.45. The first-order valence-electron chi connectivity index (χ1n) is 5.74. The van der Waals surface area contributed by atoms with E-state index >= 15 is 0 Å². The fourth-order valence-electron chi connectivity index (χ4n) is 1.45. The van der Waals surface area contributed by atoms with Crippen molar-refractivity contribution in [1.82, 2.24) is 15.2 Å².